The fourth-order valence-corrected chi connectivity index (χ4v) is 3.23. The summed E-state index contributed by atoms with van der Waals surface area (Å²) in [5, 5.41) is 19.7. The van der Waals surface area contributed by atoms with Gasteiger partial charge in [0.15, 0.2) is 0 Å². The van der Waals surface area contributed by atoms with Crippen LogP contribution in [0.2, 0.25) is 0 Å². The Labute approximate surface area is 170 Å². The van der Waals surface area contributed by atoms with Gasteiger partial charge in [0.2, 0.25) is 0 Å². The van der Waals surface area contributed by atoms with Crippen LogP contribution in [0.5, 0.6) is 0 Å². The van der Waals surface area contributed by atoms with Crippen LogP contribution >= 0.6 is 0 Å². The van der Waals surface area contributed by atoms with Crippen molar-refractivity contribution < 1.29 is 23.4 Å². The molecule has 3 heterocycles. The molecule has 0 saturated carbocycles. The van der Waals surface area contributed by atoms with Gasteiger partial charge in [-0.15, -0.1) is 0 Å². The van der Waals surface area contributed by atoms with E-state index in [9.17, 15) is 18.3 Å². The Morgan fingerprint density at radius 2 is 1.80 bits per heavy atom. The van der Waals surface area contributed by atoms with Crippen LogP contribution in [-0.2, 0) is 12.7 Å². The number of hydrogen-bond acceptors (Lipinski definition) is 4. The van der Waals surface area contributed by atoms with Gasteiger partial charge in [-0.25, -0.2) is 9.97 Å². The predicted molar refractivity (Wildman–Crippen MR) is 106 cm³/mol. The zero-order chi connectivity index (χ0) is 21.3. The van der Waals surface area contributed by atoms with Crippen molar-refractivity contribution in [1.29, 1.82) is 0 Å². The van der Waals surface area contributed by atoms with Gasteiger partial charge in [-0.1, -0.05) is 18.2 Å². The molecule has 0 bridgehead atoms. The molecule has 4 aromatic rings. The normalized spacial score (nSPS) is 13.0. The summed E-state index contributed by atoms with van der Waals surface area (Å²) < 4.78 is 40.0. The summed E-state index contributed by atoms with van der Waals surface area (Å²) in [5.74, 6) is 0. The molecule has 0 aliphatic heterocycles. The molecular formula is C22H18F3N3O2. The first-order valence-corrected chi connectivity index (χ1v) is 9.22. The minimum Gasteiger partial charge on any atom is -0.393 e. The Kier molecular flexibility index (Phi) is 5.27. The third-order valence-corrected chi connectivity index (χ3v) is 4.82. The molecule has 0 radical (unpaired) electrons. The molecule has 8 heteroatoms. The molecule has 0 fully saturated rings. The van der Waals surface area contributed by atoms with E-state index in [4.69, 9.17) is 5.11 Å². The molecule has 0 aliphatic carbocycles. The van der Waals surface area contributed by atoms with Crippen molar-refractivity contribution in [3.63, 3.8) is 0 Å². The van der Waals surface area contributed by atoms with Crippen molar-refractivity contribution in [1.82, 2.24) is 14.5 Å². The number of rotatable bonds is 5. The summed E-state index contributed by atoms with van der Waals surface area (Å²) in [6.07, 6.45) is -1.91. The molecule has 1 aromatic carbocycles. The maximum Gasteiger partial charge on any atom is 0.416 e. The van der Waals surface area contributed by atoms with E-state index in [1.807, 2.05) is 22.9 Å². The highest BCUT2D eigenvalue weighted by atomic mass is 19.4. The van der Waals surface area contributed by atoms with Crippen LogP contribution < -0.4 is 0 Å². The van der Waals surface area contributed by atoms with Crippen LogP contribution in [0.1, 0.15) is 22.9 Å². The highest BCUT2D eigenvalue weighted by molar-refractivity contribution is 5.81. The third-order valence-electron chi connectivity index (χ3n) is 4.82. The Hall–Kier alpha value is -3.23. The number of hydrogen-bond donors (Lipinski definition) is 2. The van der Waals surface area contributed by atoms with Crippen molar-refractivity contribution in [2.75, 3.05) is 6.61 Å². The first-order chi connectivity index (χ1) is 14.3. The predicted octanol–water partition coefficient (Wildman–Crippen LogP) is 4.19. The van der Waals surface area contributed by atoms with Crippen molar-refractivity contribution in [3.05, 3.63) is 83.8 Å². The van der Waals surface area contributed by atoms with E-state index in [2.05, 4.69) is 9.97 Å². The topological polar surface area (TPSA) is 71.2 Å². The highest BCUT2D eigenvalue weighted by Gasteiger charge is 2.29. The molecule has 1 atom stereocenters. The average Bonchev–Trinajstić information content (AvgIpc) is 3.15. The van der Waals surface area contributed by atoms with Crippen molar-refractivity contribution in [2.24, 2.45) is 0 Å². The Morgan fingerprint density at radius 3 is 2.50 bits per heavy atom. The van der Waals surface area contributed by atoms with Gasteiger partial charge >= 0.3 is 6.18 Å². The molecular weight excluding hydrogens is 395 g/mol. The van der Waals surface area contributed by atoms with Gasteiger partial charge in [-0.05, 0) is 42.0 Å². The Bertz CT molecular complexity index is 1170. The fourth-order valence-electron chi connectivity index (χ4n) is 3.23. The number of aliphatic hydroxyl groups is 2. The smallest absolute Gasteiger partial charge is 0.393 e. The summed E-state index contributed by atoms with van der Waals surface area (Å²) in [6.45, 7) is -0.0229. The number of nitrogens with zero attached hydrogens (tertiary/aromatic N) is 3. The summed E-state index contributed by atoms with van der Waals surface area (Å²) >= 11 is 0. The number of pyridine rings is 2. The van der Waals surface area contributed by atoms with Gasteiger partial charge in [0.05, 0.1) is 23.6 Å². The van der Waals surface area contributed by atoms with E-state index in [-0.39, 0.29) is 0 Å². The maximum atomic E-state index is 12.7. The Balaban J connectivity index is 1.60. The molecule has 2 N–H and O–H groups in total. The lowest BCUT2D eigenvalue weighted by Gasteiger charge is -2.10. The van der Waals surface area contributed by atoms with E-state index in [1.165, 1.54) is 12.1 Å². The molecule has 30 heavy (non-hydrogen) atoms. The number of fused-ring (bicyclic) bond motifs is 1. The van der Waals surface area contributed by atoms with Crippen LogP contribution in [0.3, 0.4) is 0 Å². The lowest BCUT2D eigenvalue weighted by Crippen LogP contribution is -2.05. The van der Waals surface area contributed by atoms with Gasteiger partial charge in [0, 0.05) is 29.9 Å². The van der Waals surface area contributed by atoms with E-state index >= 15 is 0 Å². The van der Waals surface area contributed by atoms with Crippen LogP contribution in [0.25, 0.3) is 22.3 Å². The maximum absolute atomic E-state index is 12.7. The summed E-state index contributed by atoms with van der Waals surface area (Å²) in [6, 6.07) is 14.0. The minimum atomic E-state index is -4.35. The van der Waals surface area contributed by atoms with Gasteiger partial charge in [0.25, 0.3) is 0 Å². The van der Waals surface area contributed by atoms with Crippen molar-refractivity contribution in [3.8, 4) is 11.3 Å². The van der Waals surface area contributed by atoms with Gasteiger partial charge in [-0.2, -0.15) is 13.2 Å². The van der Waals surface area contributed by atoms with Crippen LogP contribution in [0.15, 0.2) is 67.0 Å². The lowest BCUT2D eigenvalue weighted by atomic mass is 10.1. The minimum absolute atomic E-state index is 0.370. The summed E-state index contributed by atoms with van der Waals surface area (Å²) in [7, 11) is 0. The molecule has 4 rings (SSSR count). The van der Waals surface area contributed by atoms with Gasteiger partial charge in [-0.3, -0.25) is 0 Å². The van der Waals surface area contributed by atoms with E-state index in [0.29, 0.717) is 23.6 Å². The van der Waals surface area contributed by atoms with E-state index in [0.717, 1.165) is 28.6 Å². The first-order valence-electron chi connectivity index (χ1n) is 9.22. The fraction of sp³-hybridized carbons (Fsp3) is 0.182. The first kappa shape index (κ1) is 20.1. The van der Waals surface area contributed by atoms with Gasteiger partial charge < -0.3 is 14.8 Å². The zero-order valence-electron chi connectivity index (χ0n) is 15.7. The molecule has 0 aliphatic rings. The summed E-state index contributed by atoms with van der Waals surface area (Å²) in [4.78, 5) is 8.87. The average molecular weight is 413 g/mol. The molecule has 154 valence electrons. The monoisotopic (exact) mass is 413 g/mol. The molecule has 0 amide bonds. The Morgan fingerprint density at radius 1 is 1.03 bits per heavy atom. The van der Waals surface area contributed by atoms with Crippen LogP contribution in [0, 0.1) is 0 Å². The van der Waals surface area contributed by atoms with Crippen LogP contribution in [-0.4, -0.2) is 31.4 Å². The van der Waals surface area contributed by atoms with E-state index < -0.39 is 24.5 Å². The molecule has 3 aromatic heterocycles. The standard InChI is InChI=1S/C22H18F3N3O2/c23-22(24,25)17-6-4-14(5-7-17)12-28-9-8-15-10-16(11-26-21(15)28)18-2-1-3-19(27-18)20(30)13-29/h1-11,20,29-30H,12-13H2/t20-/m1/s1. The third kappa shape index (κ3) is 4.05. The lowest BCUT2D eigenvalue weighted by molar-refractivity contribution is -0.137. The highest BCUT2D eigenvalue weighted by Crippen LogP contribution is 2.29. The van der Waals surface area contributed by atoms with Crippen molar-refractivity contribution >= 4 is 11.0 Å². The number of aliphatic hydroxyl groups excluding tert-OH is 2. The van der Waals surface area contributed by atoms with Crippen LogP contribution in [0.4, 0.5) is 13.2 Å². The second-order valence-corrected chi connectivity index (χ2v) is 6.92. The molecule has 0 spiro atoms. The molecule has 0 unspecified atom stereocenters. The SMILES string of the molecule is OC[C@@H](O)c1cccc(-c2cnc3c(ccn3Cc3ccc(C(F)(F)F)cc3)c2)n1. The zero-order valence-corrected chi connectivity index (χ0v) is 15.7. The molecule has 5 nitrogen and oxygen atoms in total. The quantitative estimate of drug-likeness (QED) is 0.515. The van der Waals surface area contributed by atoms with Crippen molar-refractivity contribution in [2.45, 2.75) is 18.8 Å². The second kappa shape index (κ2) is 7.89. The number of halogens is 3. The van der Waals surface area contributed by atoms with E-state index in [1.54, 1.807) is 24.4 Å². The largest absolute Gasteiger partial charge is 0.416 e. The van der Waals surface area contributed by atoms with Gasteiger partial charge in [0.1, 0.15) is 11.8 Å². The summed E-state index contributed by atoms with van der Waals surface area (Å²) in [5.41, 5.74) is 2.50. The number of aromatic nitrogens is 3. The molecule has 0 saturated heterocycles. The number of alkyl halides is 3. The second-order valence-electron chi connectivity index (χ2n) is 6.92. The number of benzene rings is 1.